The lowest BCUT2D eigenvalue weighted by molar-refractivity contribution is -0.120. The summed E-state index contributed by atoms with van der Waals surface area (Å²) >= 11 is 0. The second kappa shape index (κ2) is 6.51. The molecule has 0 atom stereocenters. The molecule has 0 aromatic heterocycles. The Labute approximate surface area is 108 Å². The molecule has 0 aliphatic rings. The third-order valence-corrected chi connectivity index (χ3v) is 3.62. The highest BCUT2D eigenvalue weighted by molar-refractivity contribution is 7.90. The van der Waals surface area contributed by atoms with Gasteiger partial charge < -0.3 is 10.6 Å². The van der Waals surface area contributed by atoms with Gasteiger partial charge in [0.25, 0.3) is 0 Å². The minimum absolute atomic E-state index is 0.102. The topological polar surface area (TPSA) is 75.3 Å². The average molecular weight is 270 g/mol. The van der Waals surface area contributed by atoms with Crippen molar-refractivity contribution in [1.82, 2.24) is 10.6 Å². The molecular weight excluding hydrogens is 252 g/mol. The van der Waals surface area contributed by atoms with Crippen LogP contribution in [0.1, 0.15) is 5.56 Å². The van der Waals surface area contributed by atoms with Crippen molar-refractivity contribution in [3.8, 4) is 0 Å². The van der Waals surface area contributed by atoms with Gasteiger partial charge in [0, 0.05) is 12.8 Å². The van der Waals surface area contributed by atoms with Gasteiger partial charge in [-0.15, -0.1) is 0 Å². The predicted molar refractivity (Wildman–Crippen MR) is 70.2 cm³/mol. The minimum Gasteiger partial charge on any atom is -0.355 e. The Bertz CT molecular complexity index is 512. The van der Waals surface area contributed by atoms with Crippen LogP contribution < -0.4 is 10.6 Å². The first-order valence-electron chi connectivity index (χ1n) is 5.64. The van der Waals surface area contributed by atoms with Crippen molar-refractivity contribution in [3.05, 3.63) is 29.8 Å². The number of benzene rings is 1. The van der Waals surface area contributed by atoms with E-state index in [4.69, 9.17) is 0 Å². The highest BCUT2D eigenvalue weighted by atomic mass is 32.2. The van der Waals surface area contributed by atoms with Crippen molar-refractivity contribution in [2.75, 3.05) is 26.4 Å². The van der Waals surface area contributed by atoms with Crippen molar-refractivity contribution in [3.63, 3.8) is 0 Å². The van der Waals surface area contributed by atoms with Crippen molar-refractivity contribution < 1.29 is 13.2 Å². The highest BCUT2D eigenvalue weighted by Gasteiger charge is 2.12. The van der Waals surface area contributed by atoms with E-state index in [0.29, 0.717) is 17.9 Å². The van der Waals surface area contributed by atoms with Crippen LogP contribution in [-0.4, -0.2) is 40.7 Å². The van der Waals surface area contributed by atoms with Crippen LogP contribution in [0, 0.1) is 0 Å². The second-order valence-corrected chi connectivity index (χ2v) is 5.99. The Hall–Kier alpha value is -1.40. The van der Waals surface area contributed by atoms with Gasteiger partial charge in [0.1, 0.15) is 0 Å². The molecule has 0 unspecified atom stereocenters. The zero-order valence-electron chi connectivity index (χ0n) is 10.6. The molecule has 0 spiro atoms. The van der Waals surface area contributed by atoms with Crippen LogP contribution in [0.4, 0.5) is 0 Å². The maximum atomic E-state index is 11.6. The third-order valence-electron chi connectivity index (χ3n) is 2.43. The molecule has 1 aromatic rings. The first kappa shape index (κ1) is 14.7. The van der Waals surface area contributed by atoms with Crippen LogP contribution in [0.15, 0.2) is 29.2 Å². The minimum atomic E-state index is -3.22. The van der Waals surface area contributed by atoms with E-state index in [1.54, 1.807) is 31.3 Å². The van der Waals surface area contributed by atoms with E-state index >= 15 is 0 Å². The maximum absolute atomic E-state index is 11.6. The Balaban J connectivity index is 2.66. The molecule has 0 bridgehead atoms. The lowest BCUT2D eigenvalue weighted by Gasteiger charge is -2.08. The van der Waals surface area contributed by atoms with E-state index in [0.717, 1.165) is 5.56 Å². The molecule has 1 amide bonds. The number of carbonyl (C=O) groups excluding carboxylic acids is 1. The SMILES string of the molecule is CNCC(=O)NCCc1ccccc1S(C)(=O)=O. The summed E-state index contributed by atoms with van der Waals surface area (Å²) in [5.41, 5.74) is 0.727. The summed E-state index contributed by atoms with van der Waals surface area (Å²) in [6.07, 6.45) is 1.68. The fourth-order valence-electron chi connectivity index (χ4n) is 1.63. The summed E-state index contributed by atoms with van der Waals surface area (Å²) in [7, 11) is -1.53. The Morgan fingerprint density at radius 1 is 1.28 bits per heavy atom. The summed E-state index contributed by atoms with van der Waals surface area (Å²) < 4.78 is 23.1. The van der Waals surface area contributed by atoms with Gasteiger partial charge in [-0.05, 0) is 25.1 Å². The van der Waals surface area contributed by atoms with Crippen molar-refractivity contribution in [1.29, 1.82) is 0 Å². The molecule has 2 N–H and O–H groups in total. The predicted octanol–water partition coefficient (Wildman–Crippen LogP) is -0.0318. The second-order valence-electron chi connectivity index (χ2n) is 4.01. The highest BCUT2D eigenvalue weighted by Crippen LogP contribution is 2.15. The maximum Gasteiger partial charge on any atom is 0.233 e. The van der Waals surface area contributed by atoms with Gasteiger partial charge in [0.15, 0.2) is 9.84 Å². The Morgan fingerprint density at radius 3 is 2.56 bits per heavy atom. The van der Waals surface area contributed by atoms with E-state index < -0.39 is 9.84 Å². The van der Waals surface area contributed by atoms with Gasteiger partial charge in [-0.3, -0.25) is 4.79 Å². The summed E-state index contributed by atoms with van der Waals surface area (Å²) in [4.78, 5) is 11.5. The largest absolute Gasteiger partial charge is 0.355 e. The fraction of sp³-hybridized carbons (Fsp3) is 0.417. The van der Waals surface area contributed by atoms with Crippen LogP contribution in [0.3, 0.4) is 0 Å². The zero-order valence-corrected chi connectivity index (χ0v) is 11.4. The molecule has 0 saturated heterocycles. The average Bonchev–Trinajstić information content (AvgIpc) is 2.28. The van der Waals surface area contributed by atoms with Gasteiger partial charge in [-0.1, -0.05) is 18.2 Å². The van der Waals surface area contributed by atoms with Crippen LogP contribution in [0.2, 0.25) is 0 Å². The van der Waals surface area contributed by atoms with Crippen LogP contribution in [0.25, 0.3) is 0 Å². The molecule has 18 heavy (non-hydrogen) atoms. The number of hydrogen-bond acceptors (Lipinski definition) is 4. The molecular formula is C12H18N2O3S. The first-order chi connectivity index (χ1) is 8.45. The van der Waals surface area contributed by atoms with Gasteiger partial charge in [-0.2, -0.15) is 0 Å². The molecule has 1 rings (SSSR count). The summed E-state index contributed by atoms with van der Waals surface area (Å²) in [6, 6.07) is 6.83. The lowest BCUT2D eigenvalue weighted by atomic mass is 10.1. The van der Waals surface area contributed by atoms with Gasteiger partial charge in [0.2, 0.25) is 5.91 Å². The molecule has 1 aromatic carbocycles. The number of hydrogen-bond donors (Lipinski definition) is 2. The van der Waals surface area contributed by atoms with Crippen LogP contribution in [-0.2, 0) is 21.1 Å². The quantitative estimate of drug-likeness (QED) is 0.761. The normalized spacial score (nSPS) is 11.2. The molecule has 0 fully saturated rings. The molecule has 6 heteroatoms. The number of nitrogens with one attached hydrogen (secondary N) is 2. The Morgan fingerprint density at radius 2 is 1.94 bits per heavy atom. The molecule has 0 heterocycles. The van der Waals surface area contributed by atoms with E-state index in [1.807, 2.05) is 0 Å². The summed E-state index contributed by atoms with van der Waals surface area (Å²) in [5.74, 6) is -0.102. The number of rotatable bonds is 6. The van der Waals surface area contributed by atoms with Crippen molar-refractivity contribution in [2.45, 2.75) is 11.3 Å². The summed E-state index contributed by atoms with van der Waals surface area (Å²) in [6.45, 7) is 0.681. The number of carbonyl (C=O) groups is 1. The van der Waals surface area contributed by atoms with Crippen LogP contribution in [0.5, 0.6) is 0 Å². The van der Waals surface area contributed by atoms with E-state index in [9.17, 15) is 13.2 Å². The molecule has 100 valence electrons. The first-order valence-corrected chi connectivity index (χ1v) is 7.53. The molecule has 0 aliphatic carbocycles. The monoisotopic (exact) mass is 270 g/mol. The lowest BCUT2D eigenvalue weighted by Crippen LogP contribution is -2.33. The van der Waals surface area contributed by atoms with E-state index in [1.165, 1.54) is 6.26 Å². The smallest absolute Gasteiger partial charge is 0.233 e. The molecule has 0 radical (unpaired) electrons. The number of likely N-dealkylation sites (N-methyl/N-ethyl adjacent to an activating group) is 1. The van der Waals surface area contributed by atoms with Gasteiger partial charge in [0.05, 0.1) is 11.4 Å². The van der Waals surface area contributed by atoms with E-state index in [2.05, 4.69) is 10.6 Å². The van der Waals surface area contributed by atoms with E-state index in [-0.39, 0.29) is 12.5 Å². The standard InChI is InChI=1S/C12H18N2O3S/c1-13-9-12(15)14-8-7-10-5-3-4-6-11(10)18(2,16)17/h3-6,13H,7-9H2,1-2H3,(H,14,15). The zero-order chi connectivity index (χ0) is 13.6. The van der Waals surface area contributed by atoms with Crippen molar-refractivity contribution in [2.24, 2.45) is 0 Å². The van der Waals surface area contributed by atoms with Crippen LogP contribution >= 0.6 is 0 Å². The Kier molecular flexibility index (Phi) is 5.30. The number of sulfone groups is 1. The van der Waals surface area contributed by atoms with Gasteiger partial charge >= 0.3 is 0 Å². The van der Waals surface area contributed by atoms with Gasteiger partial charge in [-0.25, -0.2) is 8.42 Å². The number of amides is 1. The molecule has 0 aliphatic heterocycles. The summed E-state index contributed by atoms with van der Waals surface area (Å²) in [5, 5.41) is 5.46. The molecule has 5 nitrogen and oxygen atoms in total. The molecule has 0 saturated carbocycles. The van der Waals surface area contributed by atoms with Crippen molar-refractivity contribution >= 4 is 15.7 Å². The third kappa shape index (κ3) is 4.46. The fourth-order valence-corrected chi connectivity index (χ4v) is 2.60.